The number of anilines is 1. The number of aromatic nitrogens is 4. The number of nitrogens with one attached hydrogen (secondary N) is 1. The fraction of sp³-hybridized carbons (Fsp3) is 0.500. The summed E-state index contributed by atoms with van der Waals surface area (Å²) < 4.78 is 57.7. The van der Waals surface area contributed by atoms with Crippen LogP contribution in [0.2, 0.25) is 0 Å². The van der Waals surface area contributed by atoms with E-state index >= 15 is 4.39 Å². The zero-order chi connectivity index (χ0) is 29.9. The van der Waals surface area contributed by atoms with Crippen molar-refractivity contribution < 1.29 is 47.2 Å². The van der Waals surface area contributed by atoms with Gasteiger partial charge in [0.1, 0.15) is 30.6 Å². The van der Waals surface area contributed by atoms with Crippen LogP contribution in [-0.4, -0.2) is 79.1 Å². The average Bonchev–Trinajstić information content (AvgIpc) is 3.42. The number of carbonyl (C=O) groups excluding carboxylic acids is 1. The molecule has 224 valence electrons. The molecule has 15 nitrogen and oxygen atoms in total. The number of fused-ring (bicyclic) bond motifs is 1. The minimum absolute atomic E-state index is 0.0413. The van der Waals surface area contributed by atoms with Crippen LogP contribution < -0.4 is 20.1 Å². The summed E-state index contributed by atoms with van der Waals surface area (Å²) >= 11 is 0. The molecule has 1 saturated heterocycles. The van der Waals surface area contributed by atoms with Crippen molar-refractivity contribution in [1.82, 2.24) is 24.6 Å². The van der Waals surface area contributed by atoms with E-state index in [-0.39, 0.29) is 35.3 Å². The Kier molecular flexibility index (Phi) is 9.11. The number of halogens is 1. The van der Waals surface area contributed by atoms with Crippen LogP contribution in [0.3, 0.4) is 0 Å². The number of ether oxygens (including phenoxy) is 3. The number of benzene rings is 1. The third-order valence-corrected chi connectivity index (χ3v) is 7.42. The molecule has 0 radical (unpaired) electrons. The Morgan fingerprint density at radius 1 is 1.27 bits per heavy atom. The first-order chi connectivity index (χ1) is 19.4. The van der Waals surface area contributed by atoms with Gasteiger partial charge in [-0.05, 0) is 39.8 Å². The molecule has 1 aliphatic heterocycles. The highest BCUT2D eigenvalue weighted by atomic mass is 31.2. The SMILES string of the molecule is CCOc1nc(N)nc2c1ncn2[C@@H]1O[C@](F)(CO[P@](=O)(N[C@@H](C)C(=O)OC(C)C)Oc2ccccc2)[C@@H](O)[C@H]1O. The molecule has 0 spiro atoms. The zero-order valence-corrected chi connectivity index (χ0v) is 23.6. The number of aliphatic hydroxyl groups excluding tert-OH is 2. The summed E-state index contributed by atoms with van der Waals surface area (Å²) in [5.41, 5.74) is 5.97. The van der Waals surface area contributed by atoms with Crippen molar-refractivity contribution >= 4 is 30.8 Å². The highest BCUT2D eigenvalue weighted by molar-refractivity contribution is 7.52. The molecule has 17 heteroatoms. The predicted octanol–water partition coefficient (Wildman–Crippen LogP) is 1.86. The predicted molar refractivity (Wildman–Crippen MR) is 141 cm³/mol. The minimum Gasteiger partial charge on any atom is -0.476 e. The molecule has 0 amide bonds. The van der Waals surface area contributed by atoms with Crippen molar-refractivity contribution in [2.45, 2.75) is 64.1 Å². The smallest absolute Gasteiger partial charge is 0.459 e. The van der Waals surface area contributed by atoms with Crippen LogP contribution in [0.4, 0.5) is 10.3 Å². The topological polar surface area (TPSA) is 202 Å². The molecule has 0 unspecified atom stereocenters. The maximum Gasteiger partial charge on any atom is 0.459 e. The molecule has 2 aromatic heterocycles. The number of para-hydroxylation sites is 1. The van der Waals surface area contributed by atoms with Crippen LogP contribution in [0.25, 0.3) is 11.2 Å². The van der Waals surface area contributed by atoms with Gasteiger partial charge in [0, 0.05) is 0 Å². The highest BCUT2D eigenvalue weighted by Gasteiger charge is 2.57. The van der Waals surface area contributed by atoms with E-state index in [2.05, 4.69) is 20.0 Å². The van der Waals surface area contributed by atoms with Gasteiger partial charge in [0.2, 0.25) is 11.8 Å². The lowest BCUT2D eigenvalue weighted by molar-refractivity contribution is -0.202. The molecule has 0 saturated carbocycles. The first kappa shape index (κ1) is 30.6. The first-order valence-corrected chi connectivity index (χ1v) is 14.2. The van der Waals surface area contributed by atoms with Gasteiger partial charge in [-0.3, -0.25) is 13.9 Å². The number of alkyl halides is 1. The maximum absolute atomic E-state index is 16.0. The molecule has 0 bridgehead atoms. The average molecular weight is 599 g/mol. The number of imidazole rings is 1. The van der Waals surface area contributed by atoms with Crippen LogP contribution in [0.15, 0.2) is 36.7 Å². The molecule has 1 fully saturated rings. The second kappa shape index (κ2) is 12.2. The molecule has 0 aliphatic carbocycles. The van der Waals surface area contributed by atoms with Gasteiger partial charge in [0.25, 0.3) is 5.85 Å². The second-order valence-electron chi connectivity index (χ2n) is 9.39. The summed E-state index contributed by atoms with van der Waals surface area (Å²) in [5, 5.41) is 23.8. The van der Waals surface area contributed by atoms with Crippen molar-refractivity contribution in [3.05, 3.63) is 36.7 Å². The van der Waals surface area contributed by atoms with Gasteiger partial charge in [-0.2, -0.15) is 15.1 Å². The van der Waals surface area contributed by atoms with Gasteiger partial charge < -0.3 is 34.7 Å². The quantitative estimate of drug-likeness (QED) is 0.174. The Balaban J connectivity index is 1.57. The second-order valence-corrected chi connectivity index (χ2v) is 11.1. The van der Waals surface area contributed by atoms with Gasteiger partial charge in [-0.25, -0.2) is 13.9 Å². The van der Waals surface area contributed by atoms with Crippen LogP contribution in [0, 0.1) is 0 Å². The van der Waals surface area contributed by atoms with Crippen LogP contribution in [-0.2, 0) is 23.4 Å². The normalized spacial score (nSPS) is 24.7. The number of carbonyl (C=O) groups is 1. The Morgan fingerprint density at radius 3 is 2.63 bits per heavy atom. The number of nitrogens with zero attached hydrogens (tertiary/aromatic N) is 4. The van der Waals surface area contributed by atoms with Crippen molar-refractivity contribution in [3.63, 3.8) is 0 Å². The number of hydrogen-bond donors (Lipinski definition) is 4. The van der Waals surface area contributed by atoms with E-state index in [9.17, 15) is 19.6 Å². The molecule has 3 aromatic rings. The number of esters is 1. The Bertz CT molecular complexity index is 1410. The van der Waals surface area contributed by atoms with E-state index in [4.69, 9.17) is 29.0 Å². The minimum atomic E-state index is -4.51. The van der Waals surface area contributed by atoms with Gasteiger partial charge in [-0.15, -0.1) is 0 Å². The number of aliphatic hydroxyl groups is 2. The largest absolute Gasteiger partial charge is 0.476 e. The van der Waals surface area contributed by atoms with Crippen molar-refractivity contribution in [2.24, 2.45) is 0 Å². The van der Waals surface area contributed by atoms with E-state index in [1.807, 2.05) is 0 Å². The molecule has 3 heterocycles. The molecule has 5 N–H and O–H groups in total. The van der Waals surface area contributed by atoms with E-state index in [0.29, 0.717) is 0 Å². The summed E-state index contributed by atoms with van der Waals surface area (Å²) in [6, 6.07) is 6.62. The van der Waals surface area contributed by atoms with Crippen LogP contribution >= 0.6 is 7.75 Å². The van der Waals surface area contributed by atoms with Gasteiger partial charge in [0.15, 0.2) is 17.4 Å². The van der Waals surface area contributed by atoms with Gasteiger partial charge >= 0.3 is 13.7 Å². The van der Waals surface area contributed by atoms with Crippen molar-refractivity contribution in [2.75, 3.05) is 18.9 Å². The van der Waals surface area contributed by atoms with Gasteiger partial charge in [0.05, 0.1) is 19.0 Å². The molecule has 41 heavy (non-hydrogen) atoms. The molecular formula is C24H32FN6O9P. The number of nitrogen functional groups attached to an aromatic ring is 1. The number of nitrogens with two attached hydrogens (primary N) is 1. The highest BCUT2D eigenvalue weighted by Crippen LogP contribution is 2.48. The lowest BCUT2D eigenvalue weighted by atomic mass is 10.1. The molecule has 1 aliphatic rings. The fourth-order valence-corrected chi connectivity index (χ4v) is 5.43. The van der Waals surface area contributed by atoms with E-state index in [1.165, 1.54) is 25.4 Å². The monoisotopic (exact) mass is 598 g/mol. The summed E-state index contributed by atoms with van der Waals surface area (Å²) in [5.74, 6) is -3.89. The summed E-state index contributed by atoms with van der Waals surface area (Å²) in [7, 11) is -4.51. The van der Waals surface area contributed by atoms with Crippen LogP contribution in [0.1, 0.15) is 33.9 Å². The Morgan fingerprint density at radius 2 is 1.98 bits per heavy atom. The lowest BCUT2D eigenvalue weighted by Gasteiger charge is -2.27. The van der Waals surface area contributed by atoms with E-state index in [0.717, 1.165) is 4.57 Å². The Labute approximate surface area is 234 Å². The first-order valence-electron chi connectivity index (χ1n) is 12.7. The third-order valence-electron chi connectivity index (χ3n) is 5.79. The fourth-order valence-electron chi connectivity index (χ4n) is 3.93. The standard InChI is InChI=1S/C24H32FN6O9P/c1-5-36-20-16-19(28-23(26)29-20)31(12-27-16)21-17(32)18(33)24(25,39-21)11-37-41(35,40-15-9-7-6-8-10-15)30-14(4)22(34)38-13(2)3/h6-10,12-14,17-18,21,32-33H,5,11H2,1-4H3,(H,30,35)(H2,26,28,29)/t14-,17+,18-,21+,24+,41+/m0/s1. The van der Waals surface area contributed by atoms with Gasteiger partial charge in [-0.1, -0.05) is 18.2 Å². The summed E-state index contributed by atoms with van der Waals surface area (Å²) in [6.45, 7) is 5.42. The zero-order valence-electron chi connectivity index (χ0n) is 22.7. The van der Waals surface area contributed by atoms with Crippen molar-refractivity contribution in [3.8, 4) is 11.6 Å². The third kappa shape index (κ3) is 6.74. The molecule has 4 rings (SSSR count). The number of hydrogen-bond acceptors (Lipinski definition) is 13. The van der Waals surface area contributed by atoms with Crippen molar-refractivity contribution in [1.29, 1.82) is 0 Å². The lowest BCUT2D eigenvalue weighted by Crippen LogP contribution is -2.44. The maximum atomic E-state index is 16.0. The molecule has 1 aromatic carbocycles. The summed E-state index contributed by atoms with van der Waals surface area (Å²) in [4.78, 5) is 24.5. The van der Waals surface area contributed by atoms with E-state index < -0.39 is 56.8 Å². The van der Waals surface area contributed by atoms with E-state index in [1.54, 1.807) is 39.0 Å². The molecular weight excluding hydrogens is 566 g/mol. The van der Waals surface area contributed by atoms with Crippen LogP contribution in [0.5, 0.6) is 11.6 Å². The Hall–Kier alpha value is -3.40. The molecule has 6 atom stereocenters. The summed E-state index contributed by atoms with van der Waals surface area (Å²) in [6.07, 6.45) is -4.86. The number of rotatable bonds is 12.